The molecule has 0 spiro atoms. The summed E-state index contributed by atoms with van der Waals surface area (Å²) in [5.74, 6) is 0.0310. The van der Waals surface area contributed by atoms with Gasteiger partial charge in [-0.2, -0.15) is 0 Å². The van der Waals surface area contributed by atoms with Gasteiger partial charge >= 0.3 is 0 Å². The average molecular weight is 433 g/mol. The van der Waals surface area contributed by atoms with Crippen LogP contribution in [0.25, 0.3) is 0 Å². The van der Waals surface area contributed by atoms with Crippen molar-refractivity contribution in [2.24, 2.45) is 5.92 Å². The molecule has 2 N–H and O–H groups in total. The lowest BCUT2D eigenvalue weighted by Crippen LogP contribution is -2.29. The van der Waals surface area contributed by atoms with Crippen LogP contribution in [0.3, 0.4) is 0 Å². The van der Waals surface area contributed by atoms with E-state index in [0.29, 0.717) is 28.4 Å². The summed E-state index contributed by atoms with van der Waals surface area (Å²) in [6.07, 6.45) is 1.64. The van der Waals surface area contributed by atoms with E-state index in [9.17, 15) is 14.4 Å². The summed E-state index contributed by atoms with van der Waals surface area (Å²) in [6, 6.07) is 17.4. The molecule has 1 saturated heterocycles. The van der Waals surface area contributed by atoms with Crippen molar-refractivity contribution in [1.29, 1.82) is 0 Å². The van der Waals surface area contributed by atoms with E-state index in [0.717, 1.165) is 0 Å². The number of carbonyl (C=O) groups excluding carboxylic acids is 3. The van der Waals surface area contributed by atoms with Gasteiger partial charge in [-0.15, -0.1) is 0 Å². The van der Waals surface area contributed by atoms with Crippen molar-refractivity contribution >= 4 is 29.1 Å². The first-order chi connectivity index (χ1) is 15.5. The van der Waals surface area contributed by atoms with Crippen LogP contribution in [0.4, 0.5) is 11.4 Å². The van der Waals surface area contributed by atoms with Crippen molar-refractivity contribution in [3.8, 4) is 5.75 Å². The fourth-order valence-corrected chi connectivity index (χ4v) is 3.60. The molecule has 1 aromatic heterocycles. The van der Waals surface area contributed by atoms with E-state index >= 15 is 0 Å². The van der Waals surface area contributed by atoms with Gasteiger partial charge in [-0.3, -0.25) is 14.4 Å². The summed E-state index contributed by atoms with van der Waals surface area (Å²) in [5.41, 5.74) is 1.44. The SMILES string of the molecule is COc1ccc(N2C[C@H](C(=O)Nc3ccccc3C(=O)NCc3ccco3)CC2=O)cc1. The second kappa shape index (κ2) is 9.38. The van der Waals surface area contributed by atoms with Crippen LogP contribution in [0.5, 0.6) is 5.75 Å². The Kier molecular flexibility index (Phi) is 6.21. The quantitative estimate of drug-likeness (QED) is 0.596. The number of nitrogens with one attached hydrogen (secondary N) is 2. The van der Waals surface area contributed by atoms with Gasteiger partial charge in [0.15, 0.2) is 0 Å². The van der Waals surface area contributed by atoms with Gasteiger partial charge in [-0.05, 0) is 48.5 Å². The zero-order valence-electron chi connectivity index (χ0n) is 17.5. The van der Waals surface area contributed by atoms with Gasteiger partial charge in [0.1, 0.15) is 11.5 Å². The number of anilines is 2. The van der Waals surface area contributed by atoms with E-state index in [1.807, 2.05) is 0 Å². The number of furan rings is 1. The number of amides is 3. The molecule has 0 bridgehead atoms. The number of ether oxygens (including phenoxy) is 1. The fourth-order valence-electron chi connectivity index (χ4n) is 3.60. The lowest BCUT2D eigenvalue weighted by atomic mass is 10.1. The number of hydrogen-bond donors (Lipinski definition) is 2. The fraction of sp³-hybridized carbons (Fsp3) is 0.208. The number of hydrogen-bond acceptors (Lipinski definition) is 5. The van der Waals surface area contributed by atoms with E-state index in [-0.39, 0.29) is 37.2 Å². The first-order valence-corrected chi connectivity index (χ1v) is 10.2. The Morgan fingerprint density at radius 2 is 1.88 bits per heavy atom. The smallest absolute Gasteiger partial charge is 0.253 e. The number of methoxy groups -OCH3 is 1. The van der Waals surface area contributed by atoms with E-state index in [4.69, 9.17) is 9.15 Å². The van der Waals surface area contributed by atoms with Crippen molar-refractivity contribution in [1.82, 2.24) is 5.32 Å². The monoisotopic (exact) mass is 433 g/mol. The van der Waals surface area contributed by atoms with Gasteiger partial charge in [-0.1, -0.05) is 12.1 Å². The second-order valence-corrected chi connectivity index (χ2v) is 7.40. The minimum absolute atomic E-state index is 0.102. The molecule has 0 unspecified atom stereocenters. The molecular weight excluding hydrogens is 410 g/mol. The zero-order chi connectivity index (χ0) is 22.5. The molecule has 32 heavy (non-hydrogen) atoms. The molecule has 2 aromatic carbocycles. The molecule has 3 aromatic rings. The number of nitrogens with zero attached hydrogens (tertiary/aromatic N) is 1. The number of carbonyl (C=O) groups is 3. The third-order valence-corrected chi connectivity index (χ3v) is 5.31. The first kappa shape index (κ1) is 21.2. The highest BCUT2D eigenvalue weighted by Gasteiger charge is 2.35. The predicted molar refractivity (Wildman–Crippen MR) is 118 cm³/mol. The molecule has 2 heterocycles. The molecule has 8 heteroatoms. The predicted octanol–water partition coefficient (Wildman–Crippen LogP) is 3.21. The Hall–Kier alpha value is -4.07. The number of benzene rings is 2. The number of rotatable bonds is 7. The topological polar surface area (TPSA) is 101 Å². The highest BCUT2D eigenvalue weighted by atomic mass is 16.5. The summed E-state index contributed by atoms with van der Waals surface area (Å²) < 4.78 is 10.4. The summed E-state index contributed by atoms with van der Waals surface area (Å²) in [7, 11) is 1.57. The Morgan fingerprint density at radius 3 is 2.59 bits per heavy atom. The molecule has 1 aliphatic rings. The van der Waals surface area contributed by atoms with Crippen LogP contribution in [0, 0.1) is 5.92 Å². The Balaban J connectivity index is 1.41. The van der Waals surface area contributed by atoms with Gasteiger partial charge in [0, 0.05) is 18.7 Å². The van der Waals surface area contributed by atoms with Crippen LogP contribution < -0.4 is 20.3 Å². The van der Waals surface area contributed by atoms with Crippen LogP contribution >= 0.6 is 0 Å². The van der Waals surface area contributed by atoms with Crippen molar-refractivity contribution in [3.63, 3.8) is 0 Å². The van der Waals surface area contributed by atoms with Gasteiger partial charge in [-0.25, -0.2) is 0 Å². The average Bonchev–Trinajstić information content (AvgIpc) is 3.47. The molecule has 0 aliphatic carbocycles. The molecule has 0 radical (unpaired) electrons. The van der Waals surface area contributed by atoms with Crippen LogP contribution in [0.1, 0.15) is 22.5 Å². The third-order valence-electron chi connectivity index (χ3n) is 5.31. The van der Waals surface area contributed by atoms with E-state index in [1.54, 1.807) is 72.7 Å². The molecule has 164 valence electrons. The first-order valence-electron chi connectivity index (χ1n) is 10.2. The standard InChI is InChI=1S/C24H23N3O5/c1-31-18-10-8-17(9-11-18)27-15-16(13-22(27)28)23(29)26-21-7-3-2-6-20(21)24(30)25-14-19-5-4-12-32-19/h2-12,16H,13-15H2,1H3,(H,25,30)(H,26,29)/t16-/m1/s1. The molecule has 8 nitrogen and oxygen atoms in total. The summed E-state index contributed by atoms with van der Waals surface area (Å²) >= 11 is 0. The summed E-state index contributed by atoms with van der Waals surface area (Å²) in [4.78, 5) is 39.6. The highest BCUT2D eigenvalue weighted by molar-refractivity contribution is 6.07. The zero-order valence-corrected chi connectivity index (χ0v) is 17.5. The largest absolute Gasteiger partial charge is 0.497 e. The van der Waals surface area contributed by atoms with Crippen LogP contribution in [-0.4, -0.2) is 31.4 Å². The second-order valence-electron chi connectivity index (χ2n) is 7.40. The maximum absolute atomic E-state index is 12.9. The molecule has 4 rings (SSSR count). The minimum Gasteiger partial charge on any atom is -0.497 e. The van der Waals surface area contributed by atoms with E-state index < -0.39 is 5.92 Å². The van der Waals surface area contributed by atoms with Crippen molar-refractivity contribution in [2.45, 2.75) is 13.0 Å². The number of para-hydroxylation sites is 1. The van der Waals surface area contributed by atoms with Gasteiger partial charge < -0.3 is 24.7 Å². The molecule has 1 atom stereocenters. The normalized spacial score (nSPS) is 15.5. The Morgan fingerprint density at radius 1 is 1.09 bits per heavy atom. The molecular formula is C24H23N3O5. The molecule has 0 saturated carbocycles. The maximum Gasteiger partial charge on any atom is 0.253 e. The molecule has 3 amide bonds. The lowest BCUT2D eigenvalue weighted by Gasteiger charge is -2.17. The van der Waals surface area contributed by atoms with Gasteiger partial charge in [0.25, 0.3) is 5.91 Å². The van der Waals surface area contributed by atoms with Crippen LogP contribution in [0.15, 0.2) is 71.3 Å². The molecule has 1 aliphatic heterocycles. The van der Waals surface area contributed by atoms with Gasteiger partial charge in [0.05, 0.1) is 37.1 Å². The lowest BCUT2D eigenvalue weighted by molar-refractivity contribution is -0.122. The summed E-state index contributed by atoms with van der Waals surface area (Å²) in [5, 5.41) is 5.59. The van der Waals surface area contributed by atoms with Crippen molar-refractivity contribution in [2.75, 3.05) is 23.9 Å². The van der Waals surface area contributed by atoms with Crippen LogP contribution in [0.2, 0.25) is 0 Å². The van der Waals surface area contributed by atoms with Crippen molar-refractivity contribution in [3.05, 3.63) is 78.3 Å². The van der Waals surface area contributed by atoms with E-state index in [2.05, 4.69) is 10.6 Å². The maximum atomic E-state index is 12.9. The minimum atomic E-state index is -0.524. The van der Waals surface area contributed by atoms with E-state index in [1.165, 1.54) is 6.26 Å². The Bertz CT molecular complexity index is 1110. The third kappa shape index (κ3) is 4.64. The van der Waals surface area contributed by atoms with Crippen molar-refractivity contribution < 1.29 is 23.5 Å². The van der Waals surface area contributed by atoms with Crippen LogP contribution in [-0.2, 0) is 16.1 Å². The van der Waals surface area contributed by atoms with Gasteiger partial charge in [0.2, 0.25) is 11.8 Å². The summed E-state index contributed by atoms with van der Waals surface area (Å²) in [6.45, 7) is 0.506. The Labute approximate surface area is 185 Å². The molecule has 1 fully saturated rings. The highest BCUT2D eigenvalue weighted by Crippen LogP contribution is 2.28.